The van der Waals surface area contributed by atoms with E-state index in [9.17, 15) is 9.18 Å². The topological polar surface area (TPSA) is 66.9 Å². The van der Waals surface area contributed by atoms with Crippen LogP contribution in [0.5, 0.6) is 0 Å². The number of benzene rings is 2. The van der Waals surface area contributed by atoms with Crippen LogP contribution in [0.2, 0.25) is 0 Å². The highest BCUT2D eigenvalue weighted by Crippen LogP contribution is 2.23. The molecule has 0 aliphatic rings. The standard InChI is InChI=1S/C22H23FN4O/c1-14-13-19(27-21(24-14)26-18-11-7-16(23)8-12-18)20(28)25-17-9-5-15(6-10-17)22(2,3)4/h5-13H,1-4H3,(H,25,28)(H,24,26,27). The van der Waals surface area contributed by atoms with E-state index in [0.29, 0.717) is 17.1 Å². The Morgan fingerprint density at radius 1 is 0.929 bits per heavy atom. The number of halogens is 1. The molecule has 0 saturated carbocycles. The lowest BCUT2D eigenvalue weighted by Gasteiger charge is -2.19. The van der Waals surface area contributed by atoms with Crippen LogP contribution >= 0.6 is 0 Å². The number of carbonyl (C=O) groups is 1. The van der Waals surface area contributed by atoms with E-state index in [-0.39, 0.29) is 28.8 Å². The van der Waals surface area contributed by atoms with Crippen molar-refractivity contribution in [1.82, 2.24) is 9.97 Å². The van der Waals surface area contributed by atoms with Gasteiger partial charge in [0.25, 0.3) is 5.91 Å². The highest BCUT2D eigenvalue weighted by atomic mass is 19.1. The molecule has 3 rings (SSSR count). The van der Waals surface area contributed by atoms with Gasteiger partial charge in [0.2, 0.25) is 5.95 Å². The Kier molecular flexibility index (Phi) is 5.40. The van der Waals surface area contributed by atoms with Gasteiger partial charge in [0.15, 0.2) is 0 Å². The molecule has 0 bridgehead atoms. The predicted molar refractivity (Wildman–Crippen MR) is 110 cm³/mol. The highest BCUT2D eigenvalue weighted by molar-refractivity contribution is 6.03. The van der Waals surface area contributed by atoms with Crippen LogP contribution in [0.1, 0.15) is 42.5 Å². The number of nitrogens with zero attached hydrogens (tertiary/aromatic N) is 2. The molecule has 2 aromatic carbocycles. The summed E-state index contributed by atoms with van der Waals surface area (Å²) in [5.41, 5.74) is 3.46. The smallest absolute Gasteiger partial charge is 0.274 e. The van der Waals surface area contributed by atoms with Crippen molar-refractivity contribution in [3.05, 3.63) is 77.4 Å². The Hall–Kier alpha value is -3.28. The molecule has 6 heteroatoms. The van der Waals surface area contributed by atoms with Gasteiger partial charge in [-0.3, -0.25) is 4.79 Å². The number of carbonyl (C=O) groups excluding carboxylic acids is 1. The van der Waals surface area contributed by atoms with Gasteiger partial charge in [-0.05, 0) is 60.4 Å². The third-order valence-corrected chi connectivity index (χ3v) is 4.20. The molecule has 0 fully saturated rings. The zero-order chi connectivity index (χ0) is 20.3. The van der Waals surface area contributed by atoms with Crippen LogP contribution in [0.3, 0.4) is 0 Å². The van der Waals surface area contributed by atoms with Crippen LogP contribution < -0.4 is 10.6 Å². The van der Waals surface area contributed by atoms with Crippen molar-refractivity contribution < 1.29 is 9.18 Å². The van der Waals surface area contributed by atoms with Crippen molar-refractivity contribution in [2.24, 2.45) is 0 Å². The molecular formula is C22H23FN4O. The molecule has 2 N–H and O–H groups in total. The van der Waals surface area contributed by atoms with Crippen LogP contribution in [-0.2, 0) is 5.41 Å². The number of hydrogen-bond donors (Lipinski definition) is 2. The molecule has 1 heterocycles. The molecule has 0 saturated heterocycles. The summed E-state index contributed by atoms with van der Waals surface area (Å²) in [6.45, 7) is 8.20. The number of nitrogens with one attached hydrogen (secondary N) is 2. The van der Waals surface area contributed by atoms with E-state index in [1.54, 1.807) is 25.1 Å². The molecule has 0 radical (unpaired) electrons. The zero-order valence-electron chi connectivity index (χ0n) is 16.4. The predicted octanol–water partition coefficient (Wildman–Crippen LogP) is 5.22. The van der Waals surface area contributed by atoms with Gasteiger partial charge in [-0.2, -0.15) is 0 Å². The summed E-state index contributed by atoms with van der Waals surface area (Å²) in [6.07, 6.45) is 0. The SMILES string of the molecule is Cc1cc(C(=O)Nc2ccc(C(C)(C)C)cc2)nc(Nc2ccc(F)cc2)n1. The van der Waals surface area contributed by atoms with Gasteiger partial charge in [0.05, 0.1) is 0 Å². The summed E-state index contributed by atoms with van der Waals surface area (Å²) in [6, 6.07) is 15.2. The Bertz CT molecular complexity index is 977. The van der Waals surface area contributed by atoms with Crippen molar-refractivity contribution in [3.8, 4) is 0 Å². The monoisotopic (exact) mass is 378 g/mol. The molecule has 0 aliphatic heterocycles. The van der Waals surface area contributed by atoms with Gasteiger partial charge in [0.1, 0.15) is 11.5 Å². The van der Waals surface area contributed by atoms with Gasteiger partial charge in [-0.25, -0.2) is 14.4 Å². The van der Waals surface area contributed by atoms with Gasteiger partial charge in [0, 0.05) is 17.1 Å². The molecule has 5 nitrogen and oxygen atoms in total. The minimum absolute atomic E-state index is 0.0488. The van der Waals surface area contributed by atoms with Crippen molar-refractivity contribution in [2.45, 2.75) is 33.1 Å². The lowest BCUT2D eigenvalue weighted by atomic mass is 9.87. The third-order valence-electron chi connectivity index (χ3n) is 4.20. The first-order valence-electron chi connectivity index (χ1n) is 9.01. The molecule has 0 atom stereocenters. The summed E-state index contributed by atoms with van der Waals surface area (Å²) < 4.78 is 13.0. The number of hydrogen-bond acceptors (Lipinski definition) is 4. The average molecular weight is 378 g/mol. The Morgan fingerprint density at radius 3 is 2.14 bits per heavy atom. The van der Waals surface area contributed by atoms with E-state index in [0.717, 1.165) is 0 Å². The first kappa shape index (κ1) is 19.5. The molecule has 0 unspecified atom stereocenters. The van der Waals surface area contributed by atoms with E-state index < -0.39 is 0 Å². The lowest BCUT2D eigenvalue weighted by molar-refractivity contribution is 0.102. The van der Waals surface area contributed by atoms with E-state index in [2.05, 4.69) is 41.4 Å². The fourth-order valence-electron chi connectivity index (χ4n) is 2.65. The van der Waals surface area contributed by atoms with Crippen LogP contribution in [0.4, 0.5) is 21.7 Å². The van der Waals surface area contributed by atoms with Gasteiger partial charge >= 0.3 is 0 Å². The molecule has 1 aromatic heterocycles. The Labute approximate surface area is 164 Å². The van der Waals surface area contributed by atoms with E-state index >= 15 is 0 Å². The zero-order valence-corrected chi connectivity index (χ0v) is 16.4. The quantitative estimate of drug-likeness (QED) is 0.653. The van der Waals surface area contributed by atoms with Crippen molar-refractivity contribution in [3.63, 3.8) is 0 Å². The molecule has 1 amide bonds. The normalized spacial score (nSPS) is 11.2. The van der Waals surface area contributed by atoms with Gasteiger partial charge in [-0.15, -0.1) is 0 Å². The minimum atomic E-state index is -0.326. The second kappa shape index (κ2) is 7.76. The van der Waals surface area contributed by atoms with Crippen LogP contribution in [0.25, 0.3) is 0 Å². The Balaban J connectivity index is 1.76. The average Bonchev–Trinajstić information content (AvgIpc) is 2.63. The lowest BCUT2D eigenvalue weighted by Crippen LogP contribution is -2.16. The molecule has 144 valence electrons. The van der Waals surface area contributed by atoms with Crippen LogP contribution in [0.15, 0.2) is 54.6 Å². The number of aromatic nitrogens is 2. The highest BCUT2D eigenvalue weighted by Gasteiger charge is 2.14. The minimum Gasteiger partial charge on any atom is -0.324 e. The Morgan fingerprint density at radius 2 is 1.54 bits per heavy atom. The second-order valence-electron chi connectivity index (χ2n) is 7.63. The van der Waals surface area contributed by atoms with Crippen molar-refractivity contribution in [2.75, 3.05) is 10.6 Å². The first-order chi connectivity index (χ1) is 13.2. The molecule has 28 heavy (non-hydrogen) atoms. The van der Waals surface area contributed by atoms with Crippen molar-refractivity contribution >= 4 is 23.2 Å². The van der Waals surface area contributed by atoms with Crippen LogP contribution in [-0.4, -0.2) is 15.9 Å². The second-order valence-corrected chi connectivity index (χ2v) is 7.63. The molecule has 0 spiro atoms. The third kappa shape index (κ3) is 4.91. The van der Waals surface area contributed by atoms with E-state index in [1.807, 2.05) is 24.3 Å². The molecular weight excluding hydrogens is 355 g/mol. The molecule has 0 aliphatic carbocycles. The van der Waals surface area contributed by atoms with Crippen LogP contribution in [0, 0.1) is 12.7 Å². The first-order valence-corrected chi connectivity index (χ1v) is 9.01. The number of anilines is 3. The van der Waals surface area contributed by atoms with E-state index in [4.69, 9.17) is 0 Å². The number of aryl methyl sites for hydroxylation is 1. The fraction of sp³-hybridized carbons (Fsp3) is 0.227. The molecule has 3 aromatic rings. The summed E-state index contributed by atoms with van der Waals surface area (Å²) in [5.74, 6) is -0.371. The van der Waals surface area contributed by atoms with Gasteiger partial charge in [-0.1, -0.05) is 32.9 Å². The maximum absolute atomic E-state index is 13.0. The number of amides is 1. The van der Waals surface area contributed by atoms with Gasteiger partial charge < -0.3 is 10.6 Å². The number of rotatable bonds is 4. The summed E-state index contributed by atoms with van der Waals surface area (Å²) >= 11 is 0. The summed E-state index contributed by atoms with van der Waals surface area (Å²) in [4.78, 5) is 21.2. The largest absolute Gasteiger partial charge is 0.324 e. The summed E-state index contributed by atoms with van der Waals surface area (Å²) in [5, 5.41) is 5.84. The fourth-order valence-corrected chi connectivity index (χ4v) is 2.65. The van der Waals surface area contributed by atoms with E-state index in [1.165, 1.54) is 17.7 Å². The van der Waals surface area contributed by atoms with Crippen molar-refractivity contribution in [1.29, 1.82) is 0 Å². The maximum Gasteiger partial charge on any atom is 0.274 e. The summed E-state index contributed by atoms with van der Waals surface area (Å²) in [7, 11) is 0. The maximum atomic E-state index is 13.0.